The Morgan fingerprint density at radius 2 is 0.512 bits per heavy atom. The molecular formula is C74H126O6. The molecule has 0 saturated carbocycles. The molecule has 1 atom stereocenters. The summed E-state index contributed by atoms with van der Waals surface area (Å²) in [7, 11) is 0. The number of esters is 3. The Hall–Kier alpha value is -3.93. The summed E-state index contributed by atoms with van der Waals surface area (Å²) in [6.45, 7) is 6.47. The van der Waals surface area contributed by atoms with Crippen LogP contribution >= 0.6 is 0 Å². The smallest absolute Gasteiger partial charge is 0.306 e. The van der Waals surface area contributed by atoms with E-state index < -0.39 is 6.10 Å². The van der Waals surface area contributed by atoms with Gasteiger partial charge in [0, 0.05) is 19.3 Å². The maximum atomic E-state index is 12.9. The van der Waals surface area contributed by atoms with Crippen molar-refractivity contribution in [2.24, 2.45) is 0 Å². The second-order valence-electron chi connectivity index (χ2n) is 22.3. The van der Waals surface area contributed by atoms with Crippen molar-refractivity contribution < 1.29 is 28.6 Å². The maximum Gasteiger partial charge on any atom is 0.306 e. The van der Waals surface area contributed by atoms with Crippen LogP contribution in [0.25, 0.3) is 0 Å². The van der Waals surface area contributed by atoms with Crippen molar-refractivity contribution >= 4 is 17.9 Å². The lowest BCUT2D eigenvalue weighted by atomic mass is 10.0. The lowest BCUT2D eigenvalue weighted by Gasteiger charge is -2.18. The molecule has 0 spiro atoms. The van der Waals surface area contributed by atoms with Crippen LogP contribution in [0.2, 0.25) is 0 Å². The number of ether oxygens (including phenoxy) is 3. The Bertz CT molecular complexity index is 1610. The van der Waals surface area contributed by atoms with E-state index in [-0.39, 0.29) is 31.1 Å². The first kappa shape index (κ1) is 76.1. The minimum Gasteiger partial charge on any atom is -0.462 e. The third-order valence-corrected chi connectivity index (χ3v) is 14.5. The molecule has 80 heavy (non-hydrogen) atoms. The quantitative estimate of drug-likeness (QED) is 0.0261. The van der Waals surface area contributed by atoms with Crippen molar-refractivity contribution in [2.75, 3.05) is 13.2 Å². The van der Waals surface area contributed by atoms with Gasteiger partial charge in [0.15, 0.2) is 6.10 Å². The summed E-state index contributed by atoms with van der Waals surface area (Å²) in [5.74, 6) is -0.890. The van der Waals surface area contributed by atoms with Crippen LogP contribution in [0, 0.1) is 0 Å². The largest absolute Gasteiger partial charge is 0.462 e. The van der Waals surface area contributed by atoms with E-state index >= 15 is 0 Å². The van der Waals surface area contributed by atoms with Crippen LogP contribution in [-0.4, -0.2) is 37.2 Å². The van der Waals surface area contributed by atoms with Gasteiger partial charge in [-0.2, -0.15) is 0 Å². The van der Waals surface area contributed by atoms with Crippen LogP contribution in [0.1, 0.15) is 323 Å². The second-order valence-corrected chi connectivity index (χ2v) is 22.3. The summed E-state index contributed by atoms with van der Waals surface area (Å²) >= 11 is 0. The number of carbonyl (C=O) groups is 3. The van der Waals surface area contributed by atoms with Gasteiger partial charge in [0.2, 0.25) is 0 Å². The third kappa shape index (κ3) is 64.9. The molecule has 0 aromatic carbocycles. The van der Waals surface area contributed by atoms with Gasteiger partial charge >= 0.3 is 17.9 Å². The molecule has 0 fully saturated rings. The van der Waals surface area contributed by atoms with Gasteiger partial charge in [0.25, 0.3) is 0 Å². The summed E-state index contributed by atoms with van der Waals surface area (Å²) in [5, 5.41) is 0. The molecule has 6 nitrogen and oxygen atoms in total. The fraction of sp³-hybridized carbons (Fsp3) is 0.716. The number of hydrogen-bond acceptors (Lipinski definition) is 6. The summed E-state index contributed by atoms with van der Waals surface area (Å²) < 4.78 is 16.9. The van der Waals surface area contributed by atoms with Crippen molar-refractivity contribution in [3.05, 3.63) is 109 Å². The summed E-state index contributed by atoms with van der Waals surface area (Å²) in [5.41, 5.74) is 0. The summed E-state index contributed by atoms with van der Waals surface area (Å²) in [6, 6.07) is 0. The minimum absolute atomic E-state index is 0.0824. The monoisotopic (exact) mass is 1110 g/mol. The van der Waals surface area contributed by atoms with Gasteiger partial charge in [-0.3, -0.25) is 14.4 Å². The topological polar surface area (TPSA) is 78.9 Å². The molecule has 0 heterocycles. The van der Waals surface area contributed by atoms with E-state index in [2.05, 4.69) is 130 Å². The highest BCUT2D eigenvalue weighted by Crippen LogP contribution is 2.16. The minimum atomic E-state index is -0.785. The second kappa shape index (κ2) is 67.6. The molecule has 0 aliphatic rings. The average molecular weight is 1110 g/mol. The molecule has 0 N–H and O–H groups in total. The van der Waals surface area contributed by atoms with Crippen LogP contribution < -0.4 is 0 Å². The predicted molar refractivity (Wildman–Crippen MR) is 348 cm³/mol. The number of hydrogen-bond donors (Lipinski definition) is 0. The van der Waals surface area contributed by atoms with E-state index in [1.165, 1.54) is 167 Å². The highest BCUT2D eigenvalue weighted by molar-refractivity contribution is 5.71. The lowest BCUT2D eigenvalue weighted by Crippen LogP contribution is -2.30. The van der Waals surface area contributed by atoms with Crippen LogP contribution in [0.3, 0.4) is 0 Å². The predicted octanol–water partition coefficient (Wildman–Crippen LogP) is 23.4. The SMILES string of the molecule is CC/C=C\C/C=C\C/C=C\C/C=C\C/C=C\C/C=C\CCCCCCCCCCCCCCC(=O)OCC(COC(=O)CCCCCCC/C=C\CCC)OC(=O)CCCCCCCCCCC/C=C\C/C=C\CCCCCCC. The molecule has 0 aromatic heterocycles. The van der Waals surface area contributed by atoms with E-state index in [4.69, 9.17) is 14.2 Å². The van der Waals surface area contributed by atoms with Crippen LogP contribution in [0.4, 0.5) is 0 Å². The molecule has 1 unspecified atom stereocenters. The van der Waals surface area contributed by atoms with Crippen molar-refractivity contribution in [3.8, 4) is 0 Å². The molecule has 0 aliphatic carbocycles. The van der Waals surface area contributed by atoms with E-state index in [0.29, 0.717) is 19.3 Å². The Labute approximate surface area is 495 Å². The normalized spacial score (nSPS) is 12.8. The zero-order valence-electron chi connectivity index (χ0n) is 52.6. The number of rotatable bonds is 61. The van der Waals surface area contributed by atoms with Gasteiger partial charge in [-0.05, 0) is 122 Å². The van der Waals surface area contributed by atoms with Gasteiger partial charge in [0.05, 0.1) is 0 Å². The van der Waals surface area contributed by atoms with Crippen molar-refractivity contribution in [2.45, 2.75) is 329 Å². The Morgan fingerprint density at radius 1 is 0.263 bits per heavy atom. The van der Waals surface area contributed by atoms with Gasteiger partial charge in [-0.25, -0.2) is 0 Å². The fourth-order valence-electron chi connectivity index (χ4n) is 9.42. The van der Waals surface area contributed by atoms with E-state index in [1.807, 2.05) is 0 Å². The van der Waals surface area contributed by atoms with Crippen LogP contribution in [-0.2, 0) is 28.6 Å². The molecule has 0 aromatic rings. The van der Waals surface area contributed by atoms with E-state index in [9.17, 15) is 14.4 Å². The van der Waals surface area contributed by atoms with Gasteiger partial charge in [-0.1, -0.05) is 291 Å². The molecule has 458 valence electrons. The Kier molecular flexibility index (Phi) is 64.3. The summed E-state index contributed by atoms with van der Waals surface area (Å²) in [4.78, 5) is 38.3. The Morgan fingerprint density at radius 3 is 0.825 bits per heavy atom. The molecule has 0 aliphatic heterocycles. The molecule has 0 saturated heterocycles. The first-order chi connectivity index (χ1) is 39.5. The summed E-state index contributed by atoms with van der Waals surface area (Å²) in [6.07, 6.45) is 92.6. The number of unbranched alkanes of at least 4 members (excludes halogenated alkanes) is 32. The maximum absolute atomic E-state index is 12.9. The van der Waals surface area contributed by atoms with E-state index in [0.717, 1.165) is 116 Å². The lowest BCUT2D eigenvalue weighted by molar-refractivity contribution is -0.167. The van der Waals surface area contributed by atoms with Crippen molar-refractivity contribution in [1.29, 1.82) is 0 Å². The third-order valence-electron chi connectivity index (χ3n) is 14.5. The standard InChI is InChI=1S/C74H126O6/c1-4-7-10-13-16-19-22-24-26-28-30-32-33-34-35-36-37-38-39-40-41-43-44-46-48-50-52-55-58-61-64-67-73(76)79-70-71(69-78-72(75)66-63-60-57-54-21-18-15-12-9-6-3)80-74(77)68-65-62-59-56-53-51-49-47-45-42-31-29-27-25-23-20-17-14-11-8-5-2/h7,10,12,15-16,19,23-26,29-32,34-35,37-38,71H,4-6,8-9,11,13-14,17-18,20-22,27-28,33,36,39-70H2,1-3H3/b10-7-,15-12-,19-16-,25-23-,26-24-,31-29-,32-30-,35-34-,38-37-. The van der Waals surface area contributed by atoms with Gasteiger partial charge in [-0.15, -0.1) is 0 Å². The average Bonchev–Trinajstić information content (AvgIpc) is 3.46. The molecule has 0 amide bonds. The van der Waals surface area contributed by atoms with Crippen molar-refractivity contribution in [3.63, 3.8) is 0 Å². The highest BCUT2D eigenvalue weighted by atomic mass is 16.6. The molecular weight excluding hydrogens is 985 g/mol. The molecule has 0 radical (unpaired) electrons. The zero-order chi connectivity index (χ0) is 57.8. The first-order valence-electron chi connectivity index (χ1n) is 33.9. The van der Waals surface area contributed by atoms with Crippen molar-refractivity contribution in [1.82, 2.24) is 0 Å². The molecule has 0 bridgehead atoms. The zero-order valence-corrected chi connectivity index (χ0v) is 52.6. The van der Waals surface area contributed by atoms with E-state index in [1.54, 1.807) is 0 Å². The molecule has 0 rings (SSSR count). The van der Waals surface area contributed by atoms with Crippen LogP contribution in [0.15, 0.2) is 109 Å². The number of carbonyl (C=O) groups excluding carboxylic acids is 3. The van der Waals surface area contributed by atoms with Crippen LogP contribution in [0.5, 0.6) is 0 Å². The first-order valence-corrected chi connectivity index (χ1v) is 33.9. The number of allylic oxidation sites excluding steroid dienone is 18. The fourth-order valence-corrected chi connectivity index (χ4v) is 9.42. The Balaban J connectivity index is 4.20. The van der Waals surface area contributed by atoms with Gasteiger partial charge in [0.1, 0.15) is 13.2 Å². The van der Waals surface area contributed by atoms with Gasteiger partial charge < -0.3 is 14.2 Å². The molecule has 6 heteroatoms. The highest BCUT2D eigenvalue weighted by Gasteiger charge is 2.19.